The van der Waals surface area contributed by atoms with Crippen molar-refractivity contribution in [2.75, 3.05) is 6.54 Å². The van der Waals surface area contributed by atoms with Crippen molar-refractivity contribution in [2.45, 2.75) is 40.6 Å². The summed E-state index contributed by atoms with van der Waals surface area (Å²) in [6.45, 7) is 3.38. The second-order valence-corrected chi connectivity index (χ2v) is 12.5. The standard InChI is InChI=1S/C28H28N2O5S2/c1-21-11-14-26(20-27(21)37(34,35)30-19-17-24-10-6-7-18-29-24)36(32,33)25-15-12-23(13-16-25)28(2,31)22-8-4-3-5-9-22/h3-16,18,20,30-31H,17,19H2,1-2H3. The van der Waals surface area contributed by atoms with Gasteiger partial charge in [0.1, 0.15) is 5.60 Å². The van der Waals surface area contributed by atoms with Gasteiger partial charge in [-0.2, -0.15) is 0 Å². The second kappa shape index (κ2) is 10.5. The lowest BCUT2D eigenvalue weighted by Gasteiger charge is -2.24. The zero-order valence-electron chi connectivity index (χ0n) is 20.5. The van der Waals surface area contributed by atoms with E-state index >= 15 is 0 Å². The highest BCUT2D eigenvalue weighted by atomic mass is 32.2. The molecule has 0 aliphatic carbocycles. The first kappa shape index (κ1) is 26.7. The number of nitrogens with zero attached hydrogens (tertiary/aromatic N) is 1. The molecular formula is C28H28N2O5S2. The van der Waals surface area contributed by atoms with Gasteiger partial charge >= 0.3 is 0 Å². The van der Waals surface area contributed by atoms with Crippen molar-refractivity contribution in [3.05, 3.63) is 120 Å². The quantitative estimate of drug-likeness (QED) is 0.334. The molecule has 2 N–H and O–H groups in total. The van der Waals surface area contributed by atoms with E-state index in [0.29, 0.717) is 23.1 Å². The maximum Gasteiger partial charge on any atom is 0.240 e. The van der Waals surface area contributed by atoms with Crippen LogP contribution in [0.3, 0.4) is 0 Å². The van der Waals surface area contributed by atoms with Gasteiger partial charge in [-0.25, -0.2) is 21.6 Å². The zero-order valence-corrected chi connectivity index (χ0v) is 22.1. The molecule has 0 bridgehead atoms. The van der Waals surface area contributed by atoms with E-state index in [4.69, 9.17) is 0 Å². The lowest BCUT2D eigenvalue weighted by atomic mass is 9.88. The van der Waals surface area contributed by atoms with E-state index in [1.54, 1.807) is 56.4 Å². The normalized spacial score (nSPS) is 13.7. The van der Waals surface area contributed by atoms with Gasteiger partial charge in [-0.05, 0) is 66.9 Å². The molecule has 9 heteroatoms. The third-order valence-electron chi connectivity index (χ3n) is 6.22. The van der Waals surface area contributed by atoms with Crippen LogP contribution in [0.25, 0.3) is 0 Å². The molecule has 7 nitrogen and oxygen atoms in total. The molecule has 0 saturated heterocycles. The number of benzene rings is 3. The minimum atomic E-state index is -4.01. The maximum absolute atomic E-state index is 13.4. The van der Waals surface area contributed by atoms with Crippen LogP contribution in [-0.2, 0) is 31.9 Å². The predicted octanol–water partition coefficient (Wildman–Crippen LogP) is 4.00. The number of aryl methyl sites for hydroxylation is 1. The fourth-order valence-electron chi connectivity index (χ4n) is 4.00. The Bertz CT molecular complexity index is 1590. The van der Waals surface area contributed by atoms with Crippen LogP contribution >= 0.6 is 0 Å². The van der Waals surface area contributed by atoms with Crippen molar-refractivity contribution in [1.82, 2.24) is 9.71 Å². The number of sulfonamides is 1. The van der Waals surface area contributed by atoms with E-state index in [1.165, 1.54) is 30.3 Å². The first-order valence-corrected chi connectivity index (χ1v) is 14.6. The fraction of sp³-hybridized carbons (Fsp3) is 0.179. The summed E-state index contributed by atoms with van der Waals surface area (Å²) < 4.78 is 55.3. The Morgan fingerprint density at radius 1 is 0.811 bits per heavy atom. The van der Waals surface area contributed by atoms with Crippen molar-refractivity contribution < 1.29 is 21.9 Å². The highest BCUT2D eigenvalue weighted by Crippen LogP contribution is 2.31. The fourth-order valence-corrected chi connectivity index (χ4v) is 6.66. The van der Waals surface area contributed by atoms with E-state index in [0.717, 1.165) is 5.69 Å². The number of aliphatic hydroxyl groups is 1. The molecule has 1 heterocycles. The molecule has 3 aromatic carbocycles. The van der Waals surface area contributed by atoms with E-state index in [-0.39, 0.29) is 21.2 Å². The summed E-state index contributed by atoms with van der Waals surface area (Å²) in [4.78, 5) is 3.94. The molecule has 0 aliphatic heterocycles. The Kier molecular flexibility index (Phi) is 7.61. The Labute approximate surface area is 217 Å². The average Bonchev–Trinajstić information content (AvgIpc) is 2.90. The Hall–Kier alpha value is -3.37. The minimum absolute atomic E-state index is 0.00424. The van der Waals surface area contributed by atoms with Crippen LogP contribution in [0.4, 0.5) is 0 Å². The first-order valence-electron chi connectivity index (χ1n) is 11.7. The van der Waals surface area contributed by atoms with Crippen LogP contribution in [0.2, 0.25) is 0 Å². The monoisotopic (exact) mass is 536 g/mol. The largest absolute Gasteiger partial charge is 0.381 e. The van der Waals surface area contributed by atoms with E-state index in [2.05, 4.69) is 9.71 Å². The van der Waals surface area contributed by atoms with Gasteiger partial charge in [0, 0.05) is 24.9 Å². The molecule has 0 fully saturated rings. The molecule has 0 spiro atoms. The van der Waals surface area contributed by atoms with Gasteiger partial charge in [-0.1, -0.05) is 54.6 Å². The highest BCUT2D eigenvalue weighted by Gasteiger charge is 2.27. The van der Waals surface area contributed by atoms with Crippen LogP contribution in [0, 0.1) is 6.92 Å². The molecular weight excluding hydrogens is 508 g/mol. The van der Waals surface area contributed by atoms with Gasteiger partial charge in [0.25, 0.3) is 0 Å². The average molecular weight is 537 g/mol. The maximum atomic E-state index is 13.4. The van der Waals surface area contributed by atoms with Crippen LogP contribution in [-0.4, -0.2) is 33.5 Å². The summed E-state index contributed by atoms with van der Waals surface area (Å²) >= 11 is 0. The lowest BCUT2D eigenvalue weighted by Crippen LogP contribution is -2.27. The summed E-state index contributed by atoms with van der Waals surface area (Å²) in [5, 5.41) is 11.0. The number of nitrogens with one attached hydrogen (secondary N) is 1. The summed E-state index contributed by atoms with van der Waals surface area (Å²) in [6, 6.07) is 24.5. The van der Waals surface area contributed by atoms with Crippen molar-refractivity contribution in [3.63, 3.8) is 0 Å². The van der Waals surface area contributed by atoms with Gasteiger partial charge in [-0.3, -0.25) is 4.98 Å². The van der Waals surface area contributed by atoms with Gasteiger partial charge < -0.3 is 5.11 Å². The number of pyridine rings is 1. The van der Waals surface area contributed by atoms with Crippen molar-refractivity contribution in [2.24, 2.45) is 0 Å². The van der Waals surface area contributed by atoms with Crippen molar-refractivity contribution in [1.29, 1.82) is 0 Å². The van der Waals surface area contributed by atoms with E-state index < -0.39 is 25.5 Å². The van der Waals surface area contributed by atoms with Gasteiger partial charge in [0.05, 0.1) is 14.7 Å². The molecule has 4 aromatic rings. The number of aromatic nitrogens is 1. The molecule has 192 valence electrons. The van der Waals surface area contributed by atoms with Gasteiger partial charge in [0.15, 0.2) is 0 Å². The van der Waals surface area contributed by atoms with Crippen LogP contribution < -0.4 is 4.72 Å². The van der Waals surface area contributed by atoms with E-state index in [9.17, 15) is 21.9 Å². The molecule has 1 aromatic heterocycles. The smallest absolute Gasteiger partial charge is 0.240 e. The van der Waals surface area contributed by atoms with Gasteiger partial charge in [-0.15, -0.1) is 0 Å². The summed E-state index contributed by atoms with van der Waals surface area (Å²) in [5.74, 6) is 0. The Morgan fingerprint density at radius 3 is 2.08 bits per heavy atom. The topological polar surface area (TPSA) is 113 Å². The van der Waals surface area contributed by atoms with Crippen molar-refractivity contribution in [3.8, 4) is 0 Å². The zero-order chi connectivity index (χ0) is 26.7. The minimum Gasteiger partial charge on any atom is -0.381 e. The summed E-state index contributed by atoms with van der Waals surface area (Å²) in [7, 11) is -7.97. The molecule has 0 saturated carbocycles. The Balaban J connectivity index is 1.58. The van der Waals surface area contributed by atoms with E-state index in [1.807, 2.05) is 24.3 Å². The van der Waals surface area contributed by atoms with Crippen molar-refractivity contribution >= 4 is 19.9 Å². The molecule has 0 amide bonds. The number of hydrogen-bond donors (Lipinski definition) is 2. The lowest BCUT2D eigenvalue weighted by molar-refractivity contribution is 0.102. The molecule has 1 unspecified atom stereocenters. The molecule has 1 atom stereocenters. The van der Waals surface area contributed by atoms with Crippen LogP contribution in [0.5, 0.6) is 0 Å². The third-order valence-corrected chi connectivity index (χ3v) is 9.59. The molecule has 0 radical (unpaired) electrons. The number of rotatable bonds is 9. The Morgan fingerprint density at radius 2 is 1.43 bits per heavy atom. The van der Waals surface area contributed by atoms with Gasteiger partial charge in [0.2, 0.25) is 19.9 Å². The number of hydrogen-bond acceptors (Lipinski definition) is 6. The first-order chi connectivity index (χ1) is 17.5. The molecule has 0 aliphatic rings. The predicted molar refractivity (Wildman–Crippen MR) is 141 cm³/mol. The summed E-state index contributed by atoms with van der Waals surface area (Å²) in [5.41, 5.74) is 1.07. The van der Waals surface area contributed by atoms with Crippen LogP contribution in [0.15, 0.2) is 112 Å². The summed E-state index contributed by atoms with van der Waals surface area (Å²) in [6.07, 6.45) is 2.04. The second-order valence-electron chi connectivity index (χ2n) is 8.86. The third kappa shape index (κ3) is 5.80. The molecule has 37 heavy (non-hydrogen) atoms. The molecule has 4 rings (SSSR count). The number of sulfone groups is 1. The van der Waals surface area contributed by atoms with Crippen LogP contribution in [0.1, 0.15) is 29.3 Å². The SMILES string of the molecule is Cc1ccc(S(=O)(=O)c2ccc(C(C)(O)c3ccccc3)cc2)cc1S(=O)(=O)NCCc1ccccn1. The highest BCUT2D eigenvalue weighted by molar-refractivity contribution is 7.91.